The summed E-state index contributed by atoms with van der Waals surface area (Å²) in [6.07, 6.45) is 0. The summed E-state index contributed by atoms with van der Waals surface area (Å²) >= 11 is 1.50. The summed E-state index contributed by atoms with van der Waals surface area (Å²) in [5.74, 6) is 0.719. The monoisotopic (exact) mass is 450 g/mol. The first kappa shape index (κ1) is 22.5. The lowest BCUT2D eigenvalue weighted by Crippen LogP contribution is -2.52. The molecule has 30 heavy (non-hydrogen) atoms. The maximum absolute atomic E-state index is 13.2. The molecule has 1 amide bonds. The summed E-state index contributed by atoms with van der Waals surface area (Å²) in [7, 11) is -0.853. The Balaban J connectivity index is 1.67. The Labute approximate surface area is 182 Å². The minimum Gasteiger partial charge on any atom is -0.497 e. The van der Waals surface area contributed by atoms with E-state index in [9.17, 15) is 13.2 Å². The molecule has 0 N–H and O–H groups in total. The van der Waals surface area contributed by atoms with Crippen molar-refractivity contribution in [3.63, 3.8) is 0 Å². The van der Waals surface area contributed by atoms with Crippen LogP contribution in [0.3, 0.4) is 0 Å². The Hall–Kier alpha value is -2.23. The molecule has 3 rings (SSSR count). The molecule has 1 atom stereocenters. The molecule has 1 unspecified atom stereocenters. The summed E-state index contributed by atoms with van der Waals surface area (Å²) in [6.45, 7) is 3.05. The molecule has 2 aromatic rings. The van der Waals surface area contributed by atoms with E-state index < -0.39 is 10.0 Å². The molecule has 0 aliphatic carbocycles. The maximum Gasteiger partial charge on any atom is 0.247 e. The lowest BCUT2D eigenvalue weighted by atomic mass is 10.3. The van der Waals surface area contributed by atoms with Crippen LogP contribution < -0.4 is 9.47 Å². The van der Waals surface area contributed by atoms with Crippen LogP contribution in [0.5, 0.6) is 11.5 Å². The quantitative estimate of drug-likeness (QED) is 0.604. The fraction of sp³-hybridized carbons (Fsp3) is 0.381. The molecular formula is C21H26N2O5S2. The summed E-state index contributed by atoms with van der Waals surface area (Å²) < 4.78 is 38.1. The molecule has 0 saturated carbocycles. The number of benzene rings is 2. The van der Waals surface area contributed by atoms with Crippen molar-refractivity contribution in [3.8, 4) is 11.5 Å². The lowest BCUT2D eigenvalue weighted by molar-refractivity contribution is -0.131. The highest BCUT2D eigenvalue weighted by atomic mass is 32.2. The largest absolute Gasteiger partial charge is 0.497 e. The predicted octanol–water partition coefficient (Wildman–Crippen LogP) is 2.72. The first-order valence-corrected chi connectivity index (χ1v) is 11.9. The molecule has 7 nitrogen and oxygen atoms in total. The van der Waals surface area contributed by atoms with Gasteiger partial charge in [0.15, 0.2) is 0 Å². The third-order valence-corrected chi connectivity index (χ3v) is 7.96. The average molecular weight is 451 g/mol. The first-order chi connectivity index (χ1) is 14.4. The third kappa shape index (κ3) is 4.91. The van der Waals surface area contributed by atoms with Crippen LogP contribution in [-0.4, -0.2) is 69.2 Å². The number of hydrogen-bond donors (Lipinski definition) is 0. The minimum atomic E-state index is -3.77. The number of amides is 1. The molecule has 0 radical (unpaired) electrons. The number of carbonyl (C=O) groups excluding carboxylic acids is 1. The van der Waals surface area contributed by atoms with Crippen LogP contribution >= 0.6 is 11.8 Å². The minimum absolute atomic E-state index is 0.0138. The van der Waals surface area contributed by atoms with E-state index in [0.717, 1.165) is 4.90 Å². The molecule has 0 spiro atoms. The summed E-state index contributed by atoms with van der Waals surface area (Å²) in [5, 5.41) is -0.242. The van der Waals surface area contributed by atoms with E-state index in [4.69, 9.17) is 9.47 Å². The second kappa shape index (κ2) is 9.72. The van der Waals surface area contributed by atoms with Gasteiger partial charge in [-0.1, -0.05) is 18.2 Å². The van der Waals surface area contributed by atoms with E-state index in [0.29, 0.717) is 18.8 Å². The van der Waals surface area contributed by atoms with Gasteiger partial charge >= 0.3 is 0 Å². The van der Waals surface area contributed by atoms with E-state index in [-0.39, 0.29) is 34.9 Å². The molecule has 1 heterocycles. The van der Waals surface area contributed by atoms with Crippen molar-refractivity contribution in [1.29, 1.82) is 0 Å². The molecule has 1 saturated heterocycles. The topological polar surface area (TPSA) is 76.2 Å². The third-order valence-electron chi connectivity index (χ3n) is 4.94. The van der Waals surface area contributed by atoms with Gasteiger partial charge in [-0.15, -0.1) is 11.8 Å². The fourth-order valence-electron chi connectivity index (χ4n) is 3.28. The standard InChI is InChI=1S/C21H26N2O5S2/c1-16(29-18-7-5-4-6-8-18)21(24)22-11-13-23(14-12-22)30(25,26)20-15-17(27-2)9-10-19(20)28-3/h4-10,15-16H,11-14H2,1-3H3. The van der Waals surface area contributed by atoms with Crippen LogP contribution in [0.1, 0.15) is 6.92 Å². The van der Waals surface area contributed by atoms with Gasteiger partial charge in [0.05, 0.1) is 19.5 Å². The number of nitrogens with zero attached hydrogens (tertiary/aromatic N) is 2. The van der Waals surface area contributed by atoms with Crippen molar-refractivity contribution in [2.24, 2.45) is 0 Å². The Morgan fingerprint density at radius 1 is 1.00 bits per heavy atom. The number of sulfonamides is 1. The Morgan fingerprint density at radius 2 is 1.67 bits per heavy atom. The molecule has 162 valence electrons. The first-order valence-electron chi connectivity index (χ1n) is 9.59. The van der Waals surface area contributed by atoms with E-state index in [1.165, 1.54) is 36.4 Å². The number of ether oxygens (including phenoxy) is 2. The highest BCUT2D eigenvalue weighted by molar-refractivity contribution is 8.00. The van der Waals surface area contributed by atoms with Crippen LogP contribution in [0.25, 0.3) is 0 Å². The fourth-order valence-corrected chi connectivity index (χ4v) is 5.85. The van der Waals surface area contributed by atoms with Gasteiger partial charge in [0.1, 0.15) is 16.4 Å². The molecule has 0 aromatic heterocycles. The predicted molar refractivity (Wildman–Crippen MR) is 117 cm³/mol. The van der Waals surface area contributed by atoms with Gasteiger partial charge in [-0.3, -0.25) is 4.79 Å². The van der Waals surface area contributed by atoms with Crippen LogP contribution in [0.2, 0.25) is 0 Å². The Morgan fingerprint density at radius 3 is 2.27 bits per heavy atom. The van der Waals surface area contributed by atoms with Gasteiger partial charge in [0, 0.05) is 37.1 Å². The van der Waals surface area contributed by atoms with Gasteiger partial charge in [0.25, 0.3) is 0 Å². The highest BCUT2D eigenvalue weighted by Gasteiger charge is 2.33. The van der Waals surface area contributed by atoms with Crippen molar-refractivity contribution in [3.05, 3.63) is 48.5 Å². The second-order valence-corrected chi connectivity index (χ2v) is 10.1. The van der Waals surface area contributed by atoms with Gasteiger partial charge in [-0.05, 0) is 31.2 Å². The average Bonchev–Trinajstić information content (AvgIpc) is 2.78. The van der Waals surface area contributed by atoms with Crippen molar-refractivity contribution in [2.75, 3.05) is 40.4 Å². The SMILES string of the molecule is COc1ccc(OC)c(S(=O)(=O)N2CCN(C(=O)C(C)Sc3ccccc3)CC2)c1. The maximum atomic E-state index is 13.2. The smallest absolute Gasteiger partial charge is 0.247 e. The second-order valence-electron chi connectivity index (χ2n) is 6.82. The molecule has 1 fully saturated rings. The number of hydrogen-bond acceptors (Lipinski definition) is 6. The van der Waals surface area contributed by atoms with Crippen molar-refractivity contribution < 1.29 is 22.7 Å². The number of rotatable bonds is 7. The number of methoxy groups -OCH3 is 2. The Kier molecular flexibility index (Phi) is 7.27. The lowest BCUT2D eigenvalue weighted by Gasteiger charge is -2.35. The van der Waals surface area contributed by atoms with Crippen LogP contribution in [-0.2, 0) is 14.8 Å². The summed E-state index contributed by atoms with van der Waals surface area (Å²) in [5.41, 5.74) is 0. The van der Waals surface area contributed by atoms with E-state index in [2.05, 4.69) is 0 Å². The number of thioether (sulfide) groups is 1. The molecular weight excluding hydrogens is 424 g/mol. The normalized spacial score (nSPS) is 16.2. The van der Waals surface area contributed by atoms with Gasteiger partial charge in [-0.2, -0.15) is 4.31 Å². The molecule has 0 bridgehead atoms. The van der Waals surface area contributed by atoms with Gasteiger partial charge < -0.3 is 14.4 Å². The molecule has 1 aliphatic heterocycles. The highest BCUT2D eigenvalue weighted by Crippen LogP contribution is 2.31. The summed E-state index contributed by atoms with van der Waals surface area (Å²) in [4.78, 5) is 15.6. The van der Waals surface area contributed by atoms with Crippen molar-refractivity contribution in [1.82, 2.24) is 9.21 Å². The Bertz CT molecular complexity index is 974. The summed E-state index contributed by atoms with van der Waals surface area (Å²) in [6, 6.07) is 14.5. The van der Waals surface area contributed by atoms with E-state index in [1.807, 2.05) is 37.3 Å². The van der Waals surface area contributed by atoms with Gasteiger partial charge in [0.2, 0.25) is 15.9 Å². The van der Waals surface area contributed by atoms with Crippen molar-refractivity contribution >= 4 is 27.7 Å². The molecule has 1 aliphatic rings. The van der Waals surface area contributed by atoms with Crippen LogP contribution in [0.4, 0.5) is 0 Å². The molecule has 9 heteroatoms. The zero-order chi connectivity index (χ0) is 21.7. The van der Waals surface area contributed by atoms with Gasteiger partial charge in [-0.25, -0.2) is 8.42 Å². The zero-order valence-electron chi connectivity index (χ0n) is 17.3. The van der Waals surface area contributed by atoms with E-state index >= 15 is 0 Å². The van der Waals surface area contributed by atoms with E-state index in [1.54, 1.807) is 17.0 Å². The molecule has 2 aromatic carbocycles. The van der Waals surface area contributed by atoms with Crippen molar-refractivity contribution in [2.45, 2.75) is 22.0 Å². The number of piperazine rings is 1. The van der Waals surface area contributed by atoms with Crippen LogP contribution in [0.15, 0.2) is 58.3 Å². The number of carbonyl (C=O) groups is 1. The zero-order valence-corrected chi connectivity index (χ0v) is 18.9. The van der Waals surface area contributed by atoms with Crippen LogP contribution in [0, 0.1) is 0 Å².